The number of halogens is 2. The van der Waals surface area contributed by atoms with Crippen molar-refractivity contribution in [1.82, 2.24) is 10.6 Å². The van der Waals surface area contributed by atoms with Crippen LogP contribution in [0, 0.1) is 5.92 Å². The van der Waals surface area contributed by atoms with E-state index in [-0.39, 0.29) is 34.2 Å². The van der Waals surface area contributed by atoms with Gasteiger partial charge in [0.05, 0.1) is 18.1 Å². The second-order valence-corrected chi connectivity index (χ2v) is 8.92. The molecule has 1 saturated carbocycles. The number of aliphatic hydroxyl groups excluding tert-OH is 3. The summed E-state index contributed by atoms with van der Waals surface area (Å²) in [5.74, 6) is -0.329. The largest absolute Gasteiger partial charge is 0.394 e. The number of ether oxygens (including phenoxy) is 2. The molecule has 10 heteroatoms. The van der Waals surface area contributed by atoms with Gasteiger partial charge in [-0.15, -0.1) is 11.6 Å². The van der Waals surface area contributed by atoms with Crippen LogP contribution >= 0.6 is 27.5 Å². The van der Waals surface area contributed by atoms with E-state index >= 15 is 0 Å². The Hall–Kier alpha value is -0.000000000000000153. The molecule has 2 saturated heterocycles. The van der Waals surface area contributed by atoms with Gasteiger partial charge in [0.15, 0.2) is 6.29 Å². The molecule has 3 fully saturated rings. The lowest BCUT2D eigenvalue weighted by Crippen LogP contribution is -2.65. The van der Waals surface area contributed by atoms with Gasteiger partial charge in [-0.05, 0) is 12.8 Å². The highest BCUT2D eigenvalue weighted by Gasteiger charge is 2.50. The lowest BCUT2D eigenvalue weighted by atomic mass is 9.83. The summed E-state index contributed by atoms with van der Waals surface area (Å²) in [5, 5.41) is 35.7. The van der Waals surface area contributed by atoms with Gasteiger partial charge in [0.1, 0.15) is 24.4 Å². The predicted molar refractivity (Wildman–Crippen MR) is 97.1 cm³/mol. The molecule has 0 aromatic rings. The fraction of sp³-hybridized carbons (Fsp3) is 0.938. The van der Waals surface area contributed by atoms with Crippen LogP contribution in [-0.2, 0) is 14.3 Å². The lowest BCUT2D eigenvalue weighted by molar-refractivity contribution is -0.283. The van der Waals surface area contributed by atoms with Gasteiger partial charge in [-0.3, -0.25) is 4.79 Å². The Morgan fingerprint density at radius 2 is 2.12 bits per heavy atom. The van der Waals surface area contributed by atoms with Crippen LogP contribution in [0.2, 0.25) is 0 Å². The molecule has 0 aromatic heterocycles. The number of alkyl halides is 2. The van der Waals surface area contributed by atoms with Gasteiger partial charge < -0.3 is 35.4 Å². The molecule has 26 heavy (non-hydrogen) atoms. The third-order valence-corrected chi connectivity index (χ3v) is 7.43. The maximum absolute atomic E-state index is 11.5. The van der Waals surface area contributed by atoms with Crippen molar-refractivity contribution in [2.75, 3.05) is 13.2 Å². The van der Waals surface area contributed by atoms with E-state index in [4.69, 9.17) is 21.1 Å². The van der Waals surface area contributed by atoms with Gasteiger partial charge in [-0.2, -0.15) is 0 Å². The Bertz CT molecular complexity index is 517. The van der Waals surface area contributed by atoms with Crippen molar-refractivity contribution in [3.8, 4) is 0 Å². The maximum Gasteiger partial charge on any atom is 0.217 e. The van der Waals surface area contributed by atoms with Crippen LogP contribution in [0.4, 0.5) is 0 Å². The minimum atomic E-state index is -1.33. The van der Waals surface area contributed by atoms with Gasteiger partial charge in [0, 0.05) is 30.3 Å². The van der Waals surface area contributed by atoms with Gasteiger partial charge in [0.2, 0.25) is 5.91 Å². The molecule has 0 bridgehead atoms. The quantitative estimate of drug-likeness (QED) is 0.346. The molecule has 0 radical (unpaired) electrons. The number of fused-ring (bicyclic) bond motifs is 1. The number of hydrogen-bond donors (Lipinski definition) is 5. The average Bonchev–Trinajstić information content (AvgIpc) is 3.01. The molecule has 2 aliphatic heterocycles. The van der Waals surface area contributed by atoms with Crippen LogP contribution < -0.4 is 10.6 Å². The van der Waals surface area contributed by atoms with Gasteiger partial charge in [0.25, 0.3) is 0 Å². The molecule has 0 spiro atoms. The topological polar surface area (TPSA) is 120 Å². The van der Waals surface area contributed by atoms with Crippen molar-refractivity contribution in [1.29, 1.82) is 0 Å². The number of hydrogen-bond acceptors (Lipinski definition) is 7. The summed E-state index contributed by atoms with van der Waals surface area (Å²) >= 11 is 10.2. The lowest BCUT2D eigenvalue weighted by Gasteiger charge is -2.44. The van der Waals surface area contributed by atoms with Crippen molar-refractivity contribution in [3.63, 3.8) is 0 Å². The summed E-state index contributed by atoms with van der Waals surface area (Å²) in [4.78, 5) is 11.7. The number of rotatable bonds is 4. The zero-order valence-corrected chi connectivity index (χ0v) is 16.8. The van der Waals surface area contributed by atoms with Crippen molar-refractivity contribution >= 4 is 33.4 Å². The molecule has 8 nitrogen and oxygen atoms in total. The van der Waals surface area contributed by atoms with Crippen LogP contribution in [0.5, 0.6) is 0 Å². The van der Waals surface area contributed by atoms with Crippen LogP contribution in [0.3, 0.4) is 0 Å². The second kappa shape index (κ2) is 8.57. The second-order valence-electron chi connectivity index (χ2n) is 7.24. The van der Waals surface area contributed by atoms with Crippen LogP contribution in [0.15, 0.2) is 0 Å². The Labute approximate surface area is 165 Å². The maximum atomic E-state index is 11.5. The molecule has 5 N–H and O–H groups in total. The van der Waals surface area contributed by atoms with Crippen molar-refractivity contribution in [2.24, 2.45) is 5.92 Å². The first-order valence-electron chi connectivity index (χ1n) is 8.90. The SMILES string of the molecule is CC(=O)N[C@H]1[C@H](OC2CNC3CCC(Br)C(Cl)C32)O[C@H](CO)[C@H](O)[C@H]1O. The monoisotopic (exact) mass is 456 g/mol. The highest BCUT2D eigenvalue weighted by molar-refractivity contribution is 9.09. The number of carbonyl (C=O) groups is 1. The van der Waals surface area contributed by atoms with Crippen molar-refractivity contribution in [2.45, 2.75) is 72.8 Å². The Kier molecular flexibility index (Phi) is 6.83. The number of nitrogens with one attached hydrogen (secondary N) is 2. The summed E-state index contributed by atoms with van der Waals surface area (Å²) in [5.41, 5.74) is 0. The number of amides is 1. The summed E-state index contributed by atoms with van der Waals surface area (Å²) in [6, 6.07) is -0.704. The first-order chi connectivity index (χ1) is 12.3. The molecular formula is C16H26BrClN2O6. The van der Waals surface area contributed by atoms with Crippen molar-refractivity contribution < 1.29 is 29.6 Å². The summed E-state index contributed by atoms with van der Waals surface area (Å²) < 4.78 is 11.8. The Balaban J connectivity index is 1.75. The highest BCUT2D eigenvalue weighted by Crippen LogP contribution is 2.40. The van der Waals surface area contributed by atoms with E-state index < -0.39 is 37.3 Å². The number of aliphatic hydroxyl groups is 3. The Morgan fingerprint density at radius 1 is 1.38 bits per heavy atom. The molecule has 150 valence electrons. The smallest absolute Gasteiger partial charge is 0.217 e. The summed E-state index contributed by atoms with van der Waals surface area (Å²) in [6.45, 7) is 1.42. The Morgan fingerprint density at radius 3 is 2.77 bits per heavy atom. The average molecular weight is 458 g/mol. The summed E-state index contributed by atoms with van der Waals surface area (Å²) in [6.07, 6.45) is -2.96. The van der Waals surface area contributed by atoms with Gasteiger partial charge >= 0.3 is 0 Å². The molecule has 1 amide bonds. The fourth-order valence-electron chi connectivity index (χ4n) is 4.16. The normalized spacial score (nSPS) is 48.8. The minimum Gasteiger partial charge on any atom is -0.394 e. The molecule has 3 aliphatic rings. The predicted octanol–water partition coefficient (Wildman–Crippen LogP) is -0.932. The molecule has 2 heterocycles. The van der Waals surface area contributed by atoms with Crippen LogP contribution in [0.1, 0.15) is 19.8 Å². The zero-order chi connectivity index (χ0) is 19.0. The van der Waals surface area contributed by atoms with Crippen molar-refractivity contribution in [3.05, 3.63) is 0 Å². The van der Waals surface area contributed by atoms with E-state index in [1.807, 2.05) is 0 Å². The van der Waals surface area contributed by atoms with E-state index in [9.17, 15) is 20.1 Å². The highest BCUT2D eigenvalue weighted by atomic mass is 79.9. The van der Waals surface area contributed by atoms with E-state index in [2.05, 4.69) is 26.6 Å². The molecular weight excluding hydrogens is 432 g/mol. The molecule has 5 unspecified atom stereocenters. The molecule has 3 rings (SSSR count). The van der Waals surface area contributed by atoms with E-state index in [0.29, 0.717) is 6.54 Å². The van der Waals surface area contributed by atoms with E-state index in [1.165, 1.54) is 6.92 Å². The number of carbonyl (C=O) groups excluding carboxylic acids is 1. The molecule has 0 aromatic carbocycles. The molecule has 10 atom stereocenters. The first kappa shape index (κ1) is 20.7. The van der Waals surface area contributed by atoms with Crippen LogP contribution in [0.25, 0.3) is 0 Å². The van der Waals surface area contributed by atoms with Crippen LogP contribution in [-0.4, -0.2) is 87.4 Å². The first-order valence-corrected chi connectivity index (χ1v) is 10.2. The third kappa shape index (κ3) is 4.05. The summed E-state index contributed by atoms with van der Waals surface area (Å²) in [7, 11) is 0. The third-order valence-electron chi connectivity index (χ3n) is 5.50. The minimum absolute atomic E-state index is 0.0490. The fourth-order valence-corrected chi connectivity index (χ4v) is 5.24. The zero-order valence-electron chi connectivity index (χ0n) is 14.4. The van der Waals surface area contributed by atoms with E-state index in [1.54, 1.807) is 0 Å². The standard InChI is InChI=1S/C16H26BrClN2O6/c1-6(22)20-13-15(24)14(23)10(5-21)26-16(13)25-9-4-19-8-3-2-7(17)12(18)11(8)9/h7-16,19,21,23-24H,2-5H2,1H3,(H,20,22)/t7?,8?,9?,10-,11?,12?,13-,14+,15+,16-/m1/s1. The van der Waals surface area contributed by atoms with Gasteiger partial charge in [-0.25, -0.2) is 0 Å². The van der Waals surface area contributed by atoms with Gasteiger partial charge in [-0.1, -0.05) is 15.9 Å². The van der Waals surface area contributed by atoms with E-state index in [0.717, 1.165) is 12.8 Å². The molecule has 1 aliphatic carbocycles.